The highest BCUT2D eigenvalue weighted by molar-refractivity contribution is 9.09. The molecule has 0 saturated carbocycles. The van der Waals surface area contributed by atoms with E-state index in [2.05, 4.69) is 62.6 Å². The van der Waals surface area contributed by atoms with Crippen LogP contribution in [0.3, 0.4) is 0 Å². The fourth-order valence-electron chi connectivity index (χ4n) is 2.77. The zero-order chi connectivity index (χ0) is 13.1. The van der Waals surface area contributed by atoms with Crippen LogP contribution in [-0.2, 0) is 0 Å². The number of alkyl halides is 1. The van der Waals surface area contributed by atoms with Gasteiger partial charge < -0.3 is 4.90 Å². The van der Waals surface area contributed by atoms with Gasteiger partial charge in [0, 0.05) is 18.4 Å². The number of rotatable bonds is 3. The molecule has 0 spiro atoms. The minimum atomic E-state index is 0.789. The predicted molar refractivity (Wildman–Crippen MR) is 88.5 cm³/mol. The molecule has 1 aliphatic heterocycles. The number of hydrogen-bond donors (Lipinski definition) is 0. The van der Waals surface area contributed by atoms with E-state index in [1.165, 1.54) is 42.1 Å². The highest BCUT2D eigenvalue weighted by Crippen LogP contribution is 2.37. The largest absolute Gasteiger partial charge is 0.370 e. The van der Waals surface area contributed by atoms with Gasteiger partial charge in [-0.25, -0.2) is 0 Å². The molecule has 0 bridgehead atoms. The van der Waals surface area contributed by atoms with Crippen LogP contribution in [0.5, 0.6) is 0 Å². The molecule has 100 valence electrons. The highest BCUT2D eigenvalue weighted by Gasteiger charge is 2.21. The molecule has 19 heavy (non-hydrogen) atoms. The quantitative estimate of drug-likeness (QED) is 0.711. The fourth-order valence-corrected chi connectivity index (χ4v) is 4.22. The summed E-state index contributed by atoms with van der Waals surface area (Å²) in [7, 11) is 0. The Labute approximate surface area is 127 Å². The molecule has 0 aliphatic carbocycles. The molecule has 0 amide bonds. The highest BCUT2D eigenvalue weighted by atomic mass is 79.9. The average molecular weight is 336 g/mol. The Hall–Kier alpha value is -0.800. The molecule has 3 rings (SSSR count). The number of nitrogens with zero attached hydrogens (tertiary/aromatic N) is 1. The van der Waals surface area contributed by atoms with Crippen molar-refractivity contribution in [2.45, 2.75) is 12.8 Å². The van der Waals surface area contributed by atoms with Crippen molar-refractivity contribution >= 4 is 33.0 Å². The molecule has 3 heteroatoms. The van der Waals surface area contributed by atoms with Crippen LogP contribution in [0.4, 0.5) is 5.69 Å². The van der Waals surface area contributed by atoms with Gasteiger partial charge in [0.15, 0.2) is 0 Å². The molecule has 1 aliphatic rings. The van der Waals surface area contributed by atoms with Crippen LogP contribution in [0.25, 0.3) is 10.4 Å². The van der Waals surface area contributed by atoms with Gasteiger partial charge in [-0.15, -0.1) is 11.3 Å². The van der Waals surface area contributed by atoms with E-state index in [1.54, 1.807) is 0 Å². The third-order valence-corrected chi connectivity index (χ3v) is 5.63. The maximum atomic E-state index is 3.64. The maximum Gasteiger partial charge on any atom is 0.0576 e. The van der Waals surface area contributed by atoms with Gasteiger partial charge in [-0.2, -0.15) is 0 Å². The number of hydrogen-bond acceptors (Lipinski definition) is 2. The summed E-state index contributed by atoms with van der Waals surface area (Å²) in [4.78, 5) is 3.98. The van der Waals surface area contributed by atoms with Crippen LogP contribution in [0, 0.1) is 5.92 Å². The lowest BCUT2D eigenvalue weighted by Crippen LogP contribution is -2.36. The van der Waals surface area contributed by atoms with Gasteiger partial charge in [0.2, 0.25) is 0 Å². The van der Waals surface area contributed by atoms with Crippen LogP contribution in [-0.4, -0.2) is 18.4 Å². The molecule has 1 saturated heterocycles. The first-order valence-corrected chi connectivity index (χ1v) is 8.82. The molecular formula is C16H18BrNS. The van der Waals surface area contributed by atoms with Crippen LogP contribution in [0.2, 0.25) is 0 Å². The lowest BCUT2D eigenvalue weighted by molar-refractivity contribution is 0.455. The Kier molecular flexibility index (Phi) is 4.24. The van der Waals surface area contributed by atoms with Crippen molar-refractivity contribution < 1.29 is 0 Å². The van der Waals surface area contributed by atoms with Crippen molar-refractivity contribution in [2.24, 2.45) is 5.92 Å². The minimum absolute atomic E-state index is 0.789. The van der Waals surface area contributed by atoms with E-state index in [0.717, 1.165) is 11.2 Å². The van der Waals surface area contributed by atoms with Crippen molar-refractivity contribution in [3.05, 3.63) is 41.8 Å². The number of halogens is 1. The smallest absolute Gasteiger partial charge is 0.0576 e. The molecule has 1 aromatic heterocycles. The molecular weight excluding hydrogens is 318 g/mol. The topological polar surface area (TPSA) is 3.24 Å². The molecule has 0 N–H and O–H groups in total. The van der Waals surface area contributed by atoms with Crippen LogP contribution < -0.4 is 4.90 Å². The molecule has 2 heterocycles. The van der Waals surface area contributed by atoms with E-state index in [1.807, 2.05) is 11.3 Å². The van der Waals surface area contributed by atoms with E-state index in [4.69, 9.17) is 0 Å². The SMILES string of the molecule is BrCC1CCCN(c2ccsc2-c2ccccc2)C1. The number of piperidine rings is 1. The van der Waals surface area contributed by atoms with Crippen LogP contribution in [0.15, 0.2) is 41.8 Å². The molecule has 1 nitrogen and oxygen atoms in total. The van der Waals surface area contributed by atoms with E-state index in [0.29, 0.717) is 0 Å². The Bertz CT molecular complexity index is 523. The monoisotopic (exact) mass is 335 g/mol. The second kappa shape index (κ2) is 6.10. The van der Waals surface area contributed by atoms with Crippen molar-refractivity contribution in [3.63, 3.8) is 0 Å². The van der Waals surface area contributed by atoms with Crippen molar-refractivity contribution in [1.29, 1.82) is 0 Å². The summed E-state index contributed by atoms with van der Waals surface area (Å²) in [6, 6.07) is 13.0. The Balaban J connectivity index is 1.88. The third kappa shape index (κ3) is 2.87. The molecule has 1 aromatic carbocycles. The Morgan fingerprint density at radius 1 is 1.21 bits per heavy atom. The zero-order valence-electron chi connectivity index (χ0n) is 10.9. The van der Waals surface area contributed by atoms with Gasteiger partial charge in [-0.05, 0) is 35.8 Å². The first-order chi connectivity index (χ1) is 9.38. The summed E-state index contributed by atoms with van der Waals surface area (Å²) < 4.78 is 0. The van der Waals surface area contributed by atoms with E-state index >= 15 is 0 Å². The Morgan fingerprint density at radius 2 is 2.05 bits per heavy atom. The van der Waals surface area contributed by atoms with Crippen molar-refractivity contribution in [2.75, 3.05) is 23.3 Å². The van der Waals surface area contributed by atoms with E-state index in [9.17, 15) is 0 Å². The fraction of sp³-hybridized carbons (Fsp3) is 0.375. The van der Waals surface area contributed by atoms with Gasteiger partial charge in [0.1, 0.15) is 0 Å². The zero-order valence-corrected chi connectivity index (χ0v) is 13.3. The second-order valence-corrected chi connectivity index (χ2v) is 6.67. The average Bonchev–Trinajstić information content (AvgIpc) is 2.98. The molecule has 1 atom stereocenters. The van der Waals surface area contributed by atoms with Gasteiger partial charge in [0.05, 0.1) is 10.6 Å². The van der Waals surface area contributed by atoms with Gasteiger partial charge in [-0.1, -0.05) is 46.3 Å². The molecule has 0 radical (unpaired) electrons. The predicted octanol–water partition coefficient (Wildman–Crippen LogP) is 5.03. The standard InChI is InChI=1S/C16H18BrNS/c17-11-13-5-4-9-18(12-13)15-8-10-19-16(15)14-6-2-1-3-7-14/h1-3,6-8,10,13H,4-5,9,11-12H2. The first-order valence-electron chi connectivity index (χ1n) is 6.82. The number of thiophene rings is 1. The Morgan fingerprint density at radius 3 is 2.84 bits per heavy atom. The van der Waals surface area contributed by atoms with Crippen molar-refractivity contribution in [1.82, 2.24) is 0 Å². The number of anilines is 1. The van der Waals surface area contributed by atoms with Crippen molar-refractivity contribution in [3.8, 4) is 10.4 Å². The molecule has 2 aromatic rings. The first kappa shape index (κ1) is 13.2. The minimum Gasteiger partial charge on any atom is -0.370 e. The van der Waals surface area contributed by atoms with Crippen LogP contribution in [0.1, 0.15) is 12.8 Å². The lowest BCUT2D eigenvalue weighted by atomic mass is 9.99. The lowest BCUT2D eigenvalue weighted by Gasteiger charge is -2.33. The summed E-state index contributed by atoms with van der Waals surface area (Å²) in [6.07, 6.45) is 2.66. The van der Waals surface area contributed by atoms with Crippen LogP contribution >= 0.6 is 27.3 Å². The summed E-state index contributed by atoms with van der Waals surface area (Å²) in [5, 5.41) is 3.34. The second-order valence-electron chi connectivity index (χ2n) is 5.11. The number of benzene rings is 1. The van der Waals surface area contributed by atoms with E-state index < -0.39 is 0 Å². The molecule has 1 fully saturated rings. The summed E-state index contributed by atoms with van der Waals surface area (Å²) in [5.41, 5.74) is 2.76. The van der Waals surface area contributed by atoms with E-state index in [-0.39, 0.29) is 0 Å². The van der Waals surface area contributed by atoms with Gasteiger partial charge in [-0.3, -0.25) is 0 Å². The summed E-state index contributed by atoms with van der Waals surface area (Å²) in [6.45, 7) is 2.38. The van der Waals surface area contributed by atoms with Gasteiger partial charge in [0.25, 0.3) is 0 Å². The van der Waals surface area contributed by atoms with Gasteiger partial charge >= 0.3 is 0 Å². The normalized spacial score (nSPS) is 19.6. The molecule has 1 unspecified atom stereocenters. The third-order valence-electron chi connectivity index (χ3n) is 3.76. The summed E-state index contributed by atoms with van der Waals surface area (Å²) >= 11 is 5.49. The summed E-state index contributed by atoms with van der Waals surface area (Å²) in [5.74, 6) is 0.789. The maximum absolute atomic E-state index is 3.64.